The second-order valence-electron chi connectivity index (χ2n) is 11.3. The Labute approximate surface area is 253 Å². The highest BCUT2D eigenvalue weighted by molar-refractivity contribution is 5.79. The topological polar surface area (TPSA) is 77.9 Å². The van der Waals surface area contributed by atoms with E-state index in [1.54, 1.807) is 7.11 Å². The molecule has 0 spiro atoms. The molecule has 3 heterocycles. The van der Waals surface area contributed by atoms with Crippen LogP contribution in [0.2, 0.25) is 0 Å². The fraction of sp³-hybridized carbons (Fsp3) is 0.353. The maximum absolute atomic E-state index is 13.2. The smallest absolute Gasteiger partial charge is 0.246 e. The maximum atomic E-state index is 13.2. The molecule has 2 fully saturated rings. The van der Waals surface area contributed by atoms with Crippen LogP contribution in [0.4, 0.5) is 11.6 Å². The van der Waals surface area contributed by atoms with E-state index in [4.69, 9.17) is 9.72 Å². The van der Waals surface area contributed by atoms with E-state index in [1.165, 1.54) is 11.1 Å². The molecule has 0 saturated carbocycles. The highest BCUT2D eigenvalue weighted by atomic mass is 16.5. The minimum Gasteiger partial charge on any atom is -0.495 e. The van der Waals surface area contributed by atoms with Crippen LogP contribution in [0.5, 0.6) is 5.75 Å². The van der Waals surface area contributed by atoms with Gasteiger partial charge in [0.2, 0.25) is 11.9 Å². The summed E-state index contributed by atoms with van der Waals surface area (Å²) in [5.41, 5.74) is 7.10. The first-order valence-electron chi connectivity index (χ1n) is 15.0. The van der Waals surface area contributed by atoms with Crippen LogP contribution in [0.25, 0.3) is 22.5 Å². The van der Waals surface area contributed by atoms with Crippen molar-refractivity contribution >= 4 is 17.5 Å². The zero-order valence-corrected chi connectivity index (χ0v) is 25.2. The molecule has 2 saturated heterocycles. The summed E-state index contributed by atoms with van der Waals surface area (Å²) < 4.78 is 5.54. The molecule has 2 aliphatic rings. The zero-order chi connectivity index (χ0) is 29.8. The van der Waals surface area contributed by atoms with Gasteiger partial charge in [0.15, 0.2) is 0 Å². The lowest BCUT2D eigenvalue weighted by molar-refractivity contribution is -0.132. The summed E-state index contributed by atoms with van der Waals surface area (Å²) in [5.74, 6) is 1.67. The molecule has 0 atom stereocenters. The lowest BCUT2D eigenvalue weighted by atomic mass is 10.0. The van der Waals surface area contributed by atoms with E-state index in [0.717, 1.165) is 60.1 Å². The van der Waals surface area contributed by atoms with Crippen molar-refractivity contribution in [3.63, 3.8) is 0 Å². The Bertz CT molecular complexity index is 1540. The van der Waals surface area contributed by atoms with Gasteiger partial charge in [-0.2, -0.15) is 0 Å². The molecule has 0 radical (unpaired) electrons. The Balaban J connectivity index is 1.08. The molecule has 0 N–H and O–H groups in total. The third-order valence-corrected chi connectivity index (χ3v) is 8.40. The van der Waals surface area contributed by atoms with Crippen molar-refractivity contribution in [3.8, 4) is 28.3 Å². The van der Waals surface area contributed by atoms with E-state index in [1.807, 2.05) is 23.1 Å². The van der Waals surface area contributed by atoms with Crippen LogP contribution in [-0.2, 0) is 4.79 Å². The molecule has 0 unspecified atom stereocenters. The van der Waals surface area contributed by atoms with Gasteiger partial charge in [-0.05, 0) is 26.0 Å². The van der Waals surface area contributed by atoms with Gasteiger partial charge in [0, 0.05) is 63.5 Å². The molecule has 9 heteroatoms. The van der Waals surface area contributed by atoms with Gasteiger partial charge in [-0.15, -0.1) is 10.2 Å². The number of carbonyl (C=O) groups is 1. The monoisotopic (exact) mass is 577 g/mol. The number of hydrogen-bond acceptors (Lipinski definition) is 8. The van der Waals surface area contributed by atoms with Crippen LogP contribution >= 0.6 is 0 Å². The van der Waals surface area contributed by atoms with Gasteiger partial charge in [0.25, 0.3) is 0 Å². The number of ether oxygens (including phenoxy) is 1. The minimum atomic E-state index is 0.180. The van der Waals surface area contributed by atoms with Crippen molar-refractivity contribution in [2.75, 3.05) is 75.8 Å². The van der Waals surface area contributed by atoms with E-state index in [0.29, 0.717) is 38.7 Å². The summed E-state index contributed by atoms with van der Waals surface area (Å²) in [6, 6.07) is 24.8. The summed E-state index contributed by atoms with van der Waals surface area (Å²) >= 11 is 0. The second-order valence-corrected chi connectivity index (χ2v) is 11.3. The maximum Gasteiger partial charge on any atom is 0.246 e. The summed E-state index contributed by atoms with van der Waals surface area (Å²) in [7, 11) is 1.71. The predicted molar refractivity (Wildman–Crippen MR) is 171 cm³/mol. The summed E-state index contributed by atoms with van der Waals surface area (Å²) in [6.45, 7) is 10.7. The third-order valence-electron chi connectivity index (χ3n) is 8.40. The number of nitrogens with zero attached hydrogens (tertiary/aromatic N) is 7. The first-order valence-corrected chi connectivity index (χ1v) is 15.0. The highest BCUT2D eigenvalue weighted by Crippen LogP contribution is 2.31. The Morgan fingerprint density at radius 3 is 1.91 bits per heavy atom. The van der Waals surface area contributed by atoms with Gasteiger partial charge in [-0.3, -0.25) is 9.69 Å². The molecule has 222 valence electrons. The van der Waals surface area contributed by atoms with Gasteiger partial charge < -0.3 is 19.4 Å². The predicted octanol–water partition coefficient (Wildman–Crippen LogP) is 4.30. The lowest BCUT2D eigenvalue weighted by Gasteiger charge is -2.38. The number of methoxy groups -OCH3 is 1. The molecule has 2 aliphatic heterocycles. The van der Waals surface area contributed by atoms with E-state index in [9.17, 15) is 4.79 Å². The number of benzene rings is 3. The number of aryl methyl sites for hydroxylation is 2. The largest absolute Gasteiger partial charge is 0.495 e. The quantitative estimate of drug-likeness (QED) is 0.322. The summed E-state index contributed by atoms with van der Waals surface area (Å²) in [4.78, 5) is 27.0. The van der Waals surface area contributed by atoms with Crippen LogP contribution < -0.4 is 14.5 Å². The lowest BCUT2D eigenvalue weighted by Crippen LogP contribution is -2.54. The number of amides is 1. The van der Waals surface area contributed by atoms with Crippen molar-refractivity contribution in [1.82, 2.24) is 25.0 Å². The number of rotatable bonds is 7. The zero-order valence-electron chi connectivity index (χ0n) is 25.2. The molecule has 3 aromatic carbocycles. The van der Waals surface area contributed by atoms with Crippen molar-refractivity contribution < 1.29 is 9.53 Å². The molecule has 0 aliphatic carbocycles. The van der Waals surface area contributed by atoms with Crippen molar-refractivity contribution in [2.45, 2.75) is 13.8 Å². The van der Waals surface area contributed by atoms with Gasteiger partial charge in [-0.25, -0.2) is 4.98 Å². The van der Waals surface area contributed by atoms with Crippen LogP contribution in [0.3, 0.4) is 0 Å². The highest BCUT2D eigenvalue weighted by Gasteiger charge is 2.27. The Morgan fingerprint density at radius 2 is 1.28 bits per heavy atom. The van der Waals surface area contributed by atoms with E-state index in [-0.39, 0.29) is 5.91 Å². The van der Waals surface area contributed by atoms with Crippen molar-refractivity contribution in [1.29, 1.82) is 0 Å². The molecule has 1 aromatic heterocycles. The standard InChI is InChI=1S/C34H39N7O2/c1-25-8-12-27(13-9-25)32-33(28-14-10-26(2)11-15-28)36-37-34(35-32)41-22-20-40(21-23-41)31(42)24-38-16-18-39(19-17-38)29-6-4-5-7-30(29)43-3/h4-15H,16-24H2,1-3H3. The number of carbonyl (C=O) groups excluding carboxylic acids is 1. The summed E-state index contributed by atoms with van der Waals surface area (Å²) in [5, 5.41) is 9.22. The molecule has 4 aromatic rings. The SMILES string of the molecule is COc1ccccc1N1CCN(CC(=O)N2CCN(c3nnc(-c4ccc(C)cc4)c(-c4ccc(C)cc4)n3)CC2)CC1. The Kier molecular flexibility index (Phi) is 8.51. The van der Waals surface area contributed by atoms with Gasteiger partial charge in [0.05, 0.1) is 19.3 Å². The summed E-state index contributed by atoms with van der Waals surface area (Å²) in [6.07, 6.45) is 0. The molecule has 0 bridgehead atoms. The fourth-order valence-electron chi connectivity index (χ4n) is 5.75. The number of aromatic nitrogens is 3. The van der Waals surface area contributed by atoms with Crippen LogP contribution in [0.15, 0.2) is 72.8 Å². The second kappa shape index (κ2) is 12.8. The van der Waals surface area contributed by atoms with Gasteiger partial charge in [0.1, 0.15) is 17.1 Å². The van der Waals surface area contributed by atoms with Crippen LogP contribution in [0.1, 0.15) is 11.1 Å². The van der Waals surface area contributed by atoms with Gasteiger partial charge >= 0.3 is 0 Å². The van der Waals surface area contributed by atoms with Crippen molar-refractivity contribution in [3.05, 3.63) is 83.9 Å². The first-order chi connectivity index (χ1) is 21.0. The average Bonchev–Trinajstić information content (AvgIpc) is 3.06. The number of piperazine rings is 2. The van der Waals surface area contributed by atoms with Crippen LogP contribution in [0, 0.1) is 13.8 Å². The Hall–Kier alpha value is -4.50. The van der Waals surface area contributed by atoms with E-state index in [2.05, 4.69) is 93.3 Å². The fourth-order valence-corrected chi connectivity index (χ4v) is 5.75. The van der Waals surface area contributed by atoms with E-state index >= 15 is 0 Å². The normalized spacial score (nSPS) is 15.9. The molecular formula is C34H39N7O2. The molecule has 6 rings (SSSR count). The van der Waals surface area contributed by atoms with Gasteiger partial charge in [-0.1, -0.05) is 71.8 Å². The Morgan fingerprint density at radius 1 is 0.698 bits per heavy atom. The number of hydrogen-bond donors (Lipinski definition) is 0. The van der Waals surface area contributed by atoms with Crippen LogP contribution in [-0.4, -0.2) is 96.9 Å². The molecule has 9 nitrogen and oxygen atoms in total. The van der Waals surface area contributed by atoms with Crippen molar-refractivity contribution in [2.24, 2.45) is 0 Å². The molecule has 43 heavy (non-hydrogen) atoms. The third kappa shape index (κ3) is 6.46. The first kappa shape index (κ1) is 28.6. The minimum absolute atomic E-state index is 0.180. The molecule has 1 amide bonds. The number of para-hydroxylation sites is 2. The van der Waals surface area contributed by atoms with E-state index < -0.39 is 0 Å². The average molecular weight is 578 g/mol. The number of anilines is 2. The molecular weight excluding hydrogens is 538 g/mol.